The van der Waals surface area contributed by atoms with Gasteiger partial charge >= 0.3 is 0 Å². The molecule has 2 rings (SSSR count). The van der Waals surface area contributed by atoms with E-state index < -0.39 is 0 Å². The Morgan fingerprint density at radius 2 is 2.25 bits per heavy atom. The van der Waals surface area contributed by atoms with Crippen LogP contribution in [0.4, 0.5) is 0 Å². The zero-order valence-corrected chi connectivity index (χ0v) is 10.1. The van der Waals surface area contributed by atoms with Crippen molar-refractivity contribution in [3.05, 3.63) is 11.1 Å². The summed E-state index contributed by atoms with van der Waals surface area (Å²) in [7, 11) is 1.72. The first-order valence-electron chi connectivity index (χ1n) is 5.93. The van der Waals surface area contributed by atoms with E-state index in [0.29, 0.717) is 0 Å². The molecular weight excluding hydrogens is 204 g/mol. The summed E-state index contributed by atoms with van der Waals surface area (Å²) in [4.78, 5) is 14.1. The molecule has 2 saturated heterocycles. The zero-order valence-electron chi connectivity index (χ0n) is 10.1. The number of nitrogens with zero attached hydrogens (tertiary/aromatic N) is 1. The van der Waals surface area contributed by atoms with Gasteiger partial charge in [-0.2, -0.15) is 0 Å². The maximum atomic E-state index is 12.2. The Kier molecular flexibility index (Phi) is 3.61. The molecule has 0 aromatic carbocycles. The van der Waals surface area contributed by atoms with Gasteiger partial charge in [-0.15, -0.1) is 0 Å². The minimum absolute atomic E-state index is 0.193. The third kappa shape index (κ3) is 2.28. The number of carbonyl (C=O) groups excluding carboxylic acids is 1. The van der Waals surface area contributed by atoms with E-state index in [4.69, 9.17) is 4.74 Å². The summed E-state index contributed by atoms with van der Waals surface area (Å²) in [6, 6.07) is 0. The lowest BCUT2D eigenvalue weighted by molar-refractivity contribution is -0.130. The van der Waals surface area contributed by atoms with E-state index in [0.717, 1.165) is 44.6 Å². The van der Waals surface area contributed by atoms with Crippen molar-refractivity contribution in [2.24, 2.45) is 0 Å². The normalized spacial score (nSPS) is 25.2. The van der Waals surface area contributed by atoms with Crippen LogP contribution in [0.5, 0.6) is 0 Å². The van der Waals surface area contributed by atoms with Gasteiger partial charge in [-0.1, -0.05) is 0 Å². The van der Waals surface area contributed by atoms with Crippen LogP contribution in [-0.2, 0) is 9.53 Å². The molecular formula is C12H20N2O2. The van der Waals surface area contributed by atoms with Gasteiger partial charge in [0.05, 0.1) is 6.10 Å². The highest BCUT2D eigenvalue weighted by Crippen LogP contribution is 2.17. The van der Waals surface area contributed by atoms with E-state index >= 15 is 0 Å². The molecule has 0 bridgehead atoms. The average Bonchev–Trinajstić information content (AvgIpc) is 2.25. The van der Waals surface area contributed by atoms with Crippen molar-refractivity contribution >= 4 is 5.91 Å². The molecule has 1 atom stereocenters. The molecule has 1 amide bonds. The third-order valence-corrected chi connectivity index (χ3v) is 3.53. The fourth-order valence-corrected chi connectivity index (χ4v) is 2.22. The van der Waals surface area contributed by atoms with Crippen LogP contribution in [0.1, 0.15) is 19.8 Å². The fourth-order valence-electron chi connectivity index (χ4n) is 2.22. The third-order valence-electron chi connectivity index (χ3n) is 3.53. The van der Waals surface area contributed by atoms with Crippen LogP contribution < -0.4 is 5.32 Å². The zero-order chi connectivity index (χ0) is 11.5. The molecule has 2 aliphatic rings. The molecule has 2 heterocycles. The first-order valence-corrected chi connectivity index (χ1v) is 5.93. The molecule has 0 radical (unpaired) electrons. The van der Waals surface area contributed by atoms with Gasteiger partial charge in [0.2, 0.25) is 5.91 Å². The number of hydrogen-bond donors (Lipinski definition) is 1. The van der Waals surface area contributed by atoms with Gasteiger partial charge in [0.1, 0.15) is 0 Å². The SMILES string of the molecule is COC1CCCN(C(=O)C(C)=C2CNC2)C1. The van der Waals surface area contributed by atoms with Gasteiger partial charge in [0, 0.05) is 38.9 Å². The lowest BCUT2D eigenvalue weighted by Crippen LogP contribution is -2.45. The summed E-state index contributed by atoms with van der Waals surface area (Å²) in [5.74, 6) is 0.193. The molecule has 4 heteroatoms. The quantitative estimate of drug-likeness (QED) is 0.696. The van der Waals surface area contributed by atoms with E-state index in [1.54, 1.807) is 7.11 Å². The average molecular weight is 224 g/mol. The number of ether oxygens (including phenoxy) is 1. The smallest absolute Gasteiger partial charge is 0.249 e. The fraction of sp³-hybridized carbons (Fsp3) is 0.750. The Hall–Kier alpha value is -0.870. The minimum atomic E-state index is 0.193. The van der Waals surface area contributed by atoms with Crippen LogP contribution in [0.15, 0.2) is 11.1 Å². The molecule has 1 unspecified atom stereocenters. The second-order valence-corrected chi connectivity index (χ2v) is 4.58. The van der Waals surface area contributed by atoms with Crippen molar-refractivity contribution < 1.29 is 9.53 Å². The number of hydrogen-bond acceptors (Lipinski definition) is 3. The Bertz CT molecular complexity index is 306. The summed E-state index contributed by atoms with van der Waals surface area (Å²) in [6.45, 7) is 5.30. The van der Waals surface area contributed by atoms with Crippen LogP contribution in [0, 0.1) is 0 Å². The number of nitrogens with one attached hydrogen (secondary N) is 1. The van der Waals surface area contributed by atoms with Gasteiger partial charge < -0.3 is 15.0 Å². The standard InChI is InChI=1S/C12H20N2O2/c1-9(10-6-13-7-10)12(15)14-5-3-4-11(8-14)16-2/h11,13H,3-8H2,1-2H3. The molecule has 0 aromatic rings. The molecule has 0 saturated carbocycles. The Balaban J connectivity index is 1.98. The van der Waals surface area contributed by atoms with Gasteiger partial charge in [-0.3, -0.25) is 4.79 Å². The second kappa shape index (κ2) is 4.97. The summed E-state index contributed by atoms with van der Waals surface area (Å²) in [5, 5.41) is 3.17. The maximum Gasteiger partial charge on any atom is 0.249 e. The predicted molar refractivity (Wildman–Crippen MR) is 62.2 cm³/mol. The Labute approximate surface area is 96.6 Å². The summed E-state index contributed by atoms with van der Waals surface area (Å²) in [5.41, 5.74) is 2.18. The number of amides is 1. The van der Waals surface area contributed by atoms with Gasteiger partial charge in [-0.25, -0.2) is 0 Å². The number of rotatable bonds is 2. The minimum Gasteiger partial charge on any atom is -0.380 e. The van der Waals surface area contributed by atoms with Gasteiger partial charge in [0.15, 0.2) is 0 Å². The van der Waals surface area contributed by atoms with Crippen LogP contribution in [-0.4, -0.2) is 50.2 Å². The molecule has 0 aliphatic carbocycles. The van der Waals surface area contributed by atoms with E-state index in [-0.39, 0.29) is 12.0 Å². The predicted octanol–water partition coefficient (Wildman–Crippen LogP) is 0.544. The Morgan fingerprint density at radius 3 is 2.81 bits per heavy atom. The highest BCUT2D eigenvalue weighted by Gasteiger charge is 2.26. The number of likely N-dealkylation sites (tertiary alicyclic amines) is 1. The molecule has 0 spiro atoms. The van der Waals surface area contributed by atoms with Crippen molar-refractivity contribution in [3.8, 4) is 0 Å². The number of methoxy groups -OCH3 is 1. The molecule has 4 nitrogen and oxygen atoms in total. The lowest BCUT2D eigenvalue weighted by atomic mass is 10.0. The largest absolute Gasteiger partial charge is 0.380 e. The molecule has 1 N–H and O–H groups in total. The van der Waals surface area contributed by atoms with Crippen LogP contribution >= 0.6 is 0 Å². The highest BCUT2D eigenvalue weighted by atomic mass is 16.5. The van der Waals surface area contributed by atoms with Gasteiger partial charge in [0.25, 0.3) is 0 Å². The topological polar surface area (TPSA) is 41.6 Å². The Morgan fingerprint density at radius 1 is 1.50 bits per heavy atom. The van der Waals surface area contributed by atoms with E-state index in [1.165, 1.54) is 5.57 Å². The van der Waals surface area contributed by atoms with E-state index in [2.05, 4.69) is 5.32 Å². The molecule has 0 aromatic heterocycles. The first kappa shape index (κ1) is 11.6. The van der Waals surface area contributed by atoms with E-state index in [9.17, 15) is 4.79 Å². The molecule has 2 fully saturated rings. The number of carbonyl (C=O) groups is 1. The number of piperidine rings is 1. The van der Waals surface area contributed by atoms with Crippen LogP contribution in [0.3, 0.4) is 0 Å². The van der Waals surface area contributed by atoms with E-state index in [1.807, 2.05) is 11.8 Å². The van der Waals surface area contributed by atoms with Crippen molar-refractivity contribution in [1.82, 2.24) is 10.2 Å². The maximum absolute atomic E-state index is 12.2. The van der Waals surface area contributed by atoms with Crippen molar-refractivity contribution in [1.29, 1.82) is 0 Å². The van der Waals surface area contributed by atoms with Crippen molar-refractivity contribution in [3.63, 3.8) is 0 Å². The molecule has 16 heavy (non-hydrogen) atoms. The van der Waals surface area contributed by atoms with Crippen LogP contribution in [0.25, 0.3) is 0 Å². The van der Waals surface area contributed by atoms with Crippen molar-refractivity contribution in [2.75, 3.05) is 33.3 Å². The first-order chi connectivity index (χ1) is 7.72. The summed E-state index contributed by atoms with van der Waals surface area (Å²) in [6.07, 6.45) is 2.33. The van der Waals surface area contributed by atoms with Crippen LogP contribution in [0.2, 0.25) is 0 Å². The summed E-state index contributed by atoms with van der Waals surface area (Å²) < 4.78 is 5.33. The molecule has 2 aliphatic heterocycles. The van der Waals surface area contributed by atoms with Gasteiger partial charge in [-0.05, 0) is 25.3 Å². The highest BCUT2D eigenvalue weighted by molar-refractivity contribution is 5.94. The summed E-state index contributed by atoms with van der Waals surface area (Å²) >= 11 is 0. The second-order valence-electron chi connectivity index (χ2n) is 4.58. The lowest BCUT2D eigenvalue weighted by Gasteiger charge is -2.33. The van der Waals surface area contributed by atoms with Crippen molar-refractivity contribution in [2.45, 2.75) is 25.9 Å². The molecule has 90 valence electrons. The monoisotopic (exact) mass is 224 g/mol.